The third-order valence-electron chi connectivity index (χ3n) is 2.51. The highest BCUT2D eigenvalue weighted by Gasteiger charge is 2.13. The molecule has 0 aliphatic carbocycles. The number of hydrogen-bond donors (Lipinski definition) is 1. The molecule has 4 nitrogen and oxygen atoms in total. The normalized spacial score (nSPS) is 10.4. The van der Waals surface area contributed by atoms with E-state index in [1.54, 1.807) is 4.90 Å². The summed E-state index contributed by atoms with van der Waals surface area (Å²) in [6, 6.07) is 7.59. The number of anilines is 1. The van der Waals surface area contributed by atoms with Crippen LogP contribution in [0.1, 0.15) is 27.2 Å². The summed E-state index contributed by atoms with van der Waals surface area (Å²) >= 11 is 3.38. The molecule has 19 heavy (non-hydrogen) atoms. The Kier molecular flexibility index (Phi) is 6.02. The lowest BCUT2D eigenvalue weighted by molar-refractivity contribution is -0.121. The predicted molar refractivity (Wildman–Crippen MR) is 80.1 cm³/mol. The molecule has 2 amide bonds. The number of nitrogens with one attached hydrogen (secondary N) is 1. The van der Waals surface area contributed by atoms with Gasteiger partial charge in [0, 0.05) is 36.1 Å². The standard InChI is InChI=1S/C14H19BrN2O2/c1-10(2)16-14(19)7-8-17(11(3)18)13-6-4-5-12(15)9-13/h4-6,9-10H,7-8H2,1-3H3,(H,16,19). The van der Waals surface area contributed by atoms with E-state index in [-0.39, 0.29) is 17.9 Å². The molecule has 0 aliphatic rings. The van der Waals surface area contributed by atoms with Crippen molar-refractivity contribution in [3.63, 3.8) is 0 Å². The van der Waals surface area contributed by atoms with Gasteiger partial charge in [0.15, 0.2) is 0 Å². The van der Waals surface area contributed by atoms with E-state index in [1.807, 2.05) is 38.1 Å². The van der Waals surface area contributed by atoms with Crippen molar-refractivity contribution in [2.75, 3.05) is 11.4 Å². The highest BCUT2D eigenvalue weighted by Crippen LogP contribution is 2.20. The molecule has 0 saturated heterocycles. The van der Waals surface area contributed by atoms with Crippen molar-refractivity contribution in [3.8, 4) is 0 Å². The van der Waals surface area contributed by atoms with Crippen molar-refractivity contribution in [2.24, 2.45) is 0 Å². The van der Waals surface area contributed by atoms with Gasteiger partial charge < -0.3 is 10.2 Å². The fourth-order valence-electron chi connectivity index (χ4n) is 1.72. The number of nitrogens with zero attached hydrogens (tertiary/aromatic N) is 1. The van der Waals surface area contributed by atoms with Gasteiger partial charge in [-0.15, -0.1) is 0 Å². The minimum atomic E-state index is -0.0737. The van der Waals surface area contributed by atoms with E-state index < -0.39 is 0 Å². The zero-order valence-corrected chi connectivity index (χ0v) is 13.0. The van der Waals surface area contributed by atoms with E-state index in [1.165, 1.54) is 6.92 Å². The Labute approximate surface area is 122 Å². The third-order valence-corrected chi connectivity index (χ3v) is 3.01. The van der Waals surface area contributed by atoms with Gasteiger partial charge in [-0.2, -0.15) is 0 Å². The quantitative estimate of drug-likeness (QED) is 0.904. The number of carbonyl (C=O) groups is 2. The van der Waals surface area contributed by atoms with Crippen molar-refractivity contribution in [1.82, 2.24) is 5.32 Å². The van der Waals surface area contributed by atoms with E-state index >= 15 is 0 Å². The van der Waals surface area contributed by atoms with Crippen LogP contribution in [-0.4, -0.2) is 24.4 Å². The van der Waals surface area contributed by atoms with Crippen molar-refractivity contribution in [3.05, 3.63) is 28.7 Å². The summed E-state index contributed by atoms with van der Waals surface area (Å²) in [5.41, 5.74) is 0.791. The van der Waals surface area contributed by atoms with Gasteiger partial charge in [0.05, 0.1) is 0 Å². The van der Waals surface area contributed by atoms with Gasteiger partial charge >= 0.3 is 0 Å². The molecule has 1 aromatic carbocycles. The first kappa shape index (κ1) is 15.7. The van der Waals surface area contributed by atoms with Crippen molar-refractivity contribution < 1.29 is 9.59 Å². The molecule has 0 aromatic heterocycles. The fourth-order valence-corrected chi connectivity index (χ4v) is 2.11. The first-order valence-electron chi connectivity index (χ1n) is 6.23. The van der Waals surface area contributed by atoms with Crippen LogP contribution in [0.5, 0.6) is 0 Å². The van der Waals surface area contributed by atoms with E-state index in [2.05, 4.69) is 21.2 Å². The average Bonchev–Trinajstić information content (AvgIpc) is 2.27. The first-order chi connectivity index (χ1) is 8.90. The Hall–Kier alpha value is -1.36. The van der Waals surface area contributed by atoms with Crippen LogP contribution in [0.3, 0.4) is 0 Å². The minimum Gasteiger partial charge on any atom is -0.354 e. The molecule has 0 spiro atoms. The summed E-state index contributed by atoms with van der Waals surface area (Å²) in [6.07, 6.45) is 0.296. The zero-order valence-electron chi connectivity index (χ0n) is 11.4. The maximum Gasteiger partial charge on any atom is 0.223 e. The highest BCUT2D eigenvalue weighted by atomic mass is 79.9. The molecule has 0 saturated carbocycles. The molecule has 0 unspecified atom stereocenters. The second kappa shape index (κ2) is 7.28. The second-order valence-corrected chi connectivity index (χ2v) is 5.54. The Morgan fingerprint density at radius 1 is 1.37 bits per heavy atom. The van der Waals surface area contributed by atoms with Crippen molar-refractivity contribution >= 4 is 33.4 Å². The van der Waals surface area contributed by atoms with Gasteiger partial charge in [-0.25, -0.2) is 0 Å². The van der Waals surface area contributed by atoms with Crippen LogP contribution in [-0.2, 0) is 9.59 Å². The van der Waals surface area contributed by atoms with E-state index in [0.29, 0.717) is 13.0 Å². The van der Waals surface area contributed by atoms with E-state index in [0.717, 1.165) is 10.2 Å². The Bertz CT molecular complexity index is 461. The maximum atomic E-state index is 11.7. The molecule has 0 radical (unpaired) electrons. The molecule has 1 aromatic rings. The Balaban J connectivity index is 2.69. The summed E-state index contributed by atoms with van der Waals surface area (Å²) in [5.74, 6) is -0.119. The summed E-state index contributed by atoms with van der Waals surface area (Å²) in [4.78, 5) is 24.9. The second-order valence-electron chi connectivity index (χ2n) is 4.62. The topological polar surface area (TPSA) is 49.4 Å². The number of hydrogen-bond acceptors (Lipinski definition) is 2. The predicted octanol–water partition coefficient (Wildman–Crippen LogP) is 2.72. The van der Waals surface area contributed by atoms with Gasteiger partial charge in [-0.05, 0) is 32.0 Å². The van der Waals surface area contributed by atoms with Crippen molar-refractivity contribution in [1.29, 1.82) is 0 Å². The fraction of sp³-hybridized carbons (Fsp3) is 0.429. The smallest absolute Gasteiger partial charge is 0.223 e. The number of carbonyl (C=O) groups excluding carboxylic acids is 2. The maximum absolute atomic E-state index is 11.7. The van der Waals surface area contributed by atoms with Crippen LogP contribution < -0.4 is 10.2 Å². The summed E-state index contributed by atoms with van der Waals surface area (Å²) < 4.78 is 0.905. The summed E-state index contributed by atoms with van der Waals surface area (Å²) in [6.45, 7) is 5.70. The lowest BCUT2D eigenvalue weighted by atomic mass is 10.2. The van der Waals surface area contributed by atoms with E-state index in [4.69, 9.17) is 0 Å². The van der Waals surface area contributed by atoms with Gasteiger partial charge in [0.25, 0.3) is 0 Å². The number of rotatable bonds is 5. The Morgan fingerprint density at radius 3 is 2.58 bits per heavy atom. The van der Waals surface area contributed by atoms with Gasteiger partial charge in [-0.1, -0.05) is 22.0 Å². The van der Waals surface area contributed by atoms with Gasteiger partial charge in [0.1, 0.15) is 0 Å². The Morgan fingerprint density at radius 2 is 2.05 bits per heavy atom. The molecule has 104 valence electrons. The number of amides is 2. The minimum absolute atomic E-state index is 0.0451. The van der Waals surface area contributed by atoms with Gasteiger partial charge in [-0.3, -0.25) is 9.59 Å². The lowest BCUT2D eigenvalue weighted by Gasteiger charge is -2.21. The SMILES string of the molecule is CC(=O)N(CCC(=O)NC(C)C)c1cccc(Br)c1. The number of halogens is 1. The molecule has 1 rings (SSSR count). The van der Waals surface area contributed by atoms with Crippen LogP contribution in [0.4, 0.5) is 5.69 Å². The molecule has 0 bridgehead atoms. The van der Waals surface area contributed by atoms with Crippen LogP contribution >= 0.6 is 15.9 Å². The molecular formula is C14H19BrN2O2. The largest absolute Gasteiger partial charge is 0.354 e. The van der Waals surface area contributed by atoms with Crippen LogP contribution in [0.2, 0.25) is 0 Å². The molecule has 0 heterocycles. The molecular weight excluding hydrogens is 308 g/mol. The van der Waals surface area contributed by atoms with Crippen LogP contribution in [0, 0.1) is 0 Å². The summed E-state index contributed by atoms with van der Waals surface area (Å²) in [5, 5.41) is 2.81. The highest BCUT2D eigenvalue weighted by molar-refractivity contribution is 9.10. The van der Waals surface area contributed by atoms with E-state index in [9.17, 15) is 9.59 Å². The average molecular weight is 327 g/mol. The van der Waals surface area contributed by atoms with Gasteiger partial charge in [0.2, 0.25) is 11.8 Å². The molecule has 1 N–H and O–H groups in total. The third kappa shape index (κ3) is 5.42. The molecule has 0 fully saturated rings. The van der Waals surface area contributed by atoms with Crippen molar-refractivity contribution in [2.45, 2.75) is 33.2 Å². The zero-order chi connectivity index (χ0) is 14.4. The first-order valence-corrected chi connectivity index (χ1v) is 7.02. The number of benzene rings is 1. The molecule has 5 heteroatoms. The molecule has 0 aliphatic heterocycles. The monoisotopic (exact) mass is 326 g/mol. The van der Waals surface area contributed by atoms with Crippen LogP contribution in [0.15, 0.2) is 28.7 Å². The lowest BCUT2D eigenvalue weighted by Crippen LogP contribution is -2.36. The van der Waals surface area contributed by atoms with Crippen LogP contribution in [0.25, 0.3) is 0 Å². The summed E-state index contributed by atoms with van der Waals surface area (Å²) in [7, 11) is 0. The molecule has 0 atom stereocenters.